The maximum Gasteiger partial charge on any atom is 0.341 e. The van der Waals surface area contributed by atoms with Crippen molar-refractivity contribution in [1.82, 2.24) is 4.98 Å². The van der Waals surface area contributed by atoms with E-state index in [-0.39, 0.29) is 16.0 Å². The number of H-pyrrole nitrogens is 1. The van der Waals surface area contributed by atoms with E-state index in [0.717, 1.165) is 6.20 Å². The molecule has 6 heteroatoms. The molecule has 0 saturated heterocycles. The monoisotopic (exact) mass is 257 g/mol. The molecule has 2 rings (SSSR count). The van der Waals surface area contributed by atoms with E-state index in [1.807, 2.05) is 0 Å². The van der Waals surface area contributed by atoms with E-state index in [2.05, 4.69) is 4.98 Å². The van der Waals surface area contributed by atoms with Gasteiger partial charge < -0.3 is 10.1 Å². The van der Waals surface area contributed by atoms with Crippen molar-refractivity contribution in [3.63, 3.8) is 0 Å². The van der Waals surface area contributed by atoms with Gasteiger partial charge in [-0.05, 0) is 12.1 Å². The maximum atomic E-state index is 11.7. The fourth-order valence-electron chi connectivity index (χ4n) is 1.37. The number of carbonyl (C=O) groups is 1. The van der Waals surface area contributed by atoms with Crippen molar-refractivity contribution in [2.24, 2.45) is 0 Å². The van der Waals surface area contributed by atoms with Crippen molar-refractivity contribution in [2.45, 2.75) is 0 Å². The Morgan fingerprint density at radius 1 is 1.25 bits per heavy atom. The number of hydrogen-bond acceptors (Lipinski definition) is 2. The molecule has 1 aromatic carbocycles. The van der Waals surface area contributed by atoms with E-state index >= 15 is 0 Å². The summed E-state index contributed by atoms with van der Waals surface area (Å²) in [6.07, 6.45) is 1.14. The van der Waals surface area contributed by atoms with Gasteiger partial charge in [0.2, 0.25) is 5.43 Å². The molecular formula is C10H5Cl2NO3. The summed E-state index contributed by atoms with van der Waals surface area (Å²) in [7, 11) is 0. The Bertz CT molecular complexity index is 648. The molecule has 4 nitrogen and oxygen atoms in total. The van der Waals surface area contributed by atoms with Gasteiger partial charge in [-0.1, -0.05) is 23.2 Å². The predicted octanol–water partition coefficient (Wildman–Crippen LogP) is 2.53. The van der Waals surface area contributed by atoms with Crippen molar-refractivity contribution >= 4 is 40.1 Å². The quantitative estimate of drug-likeness (QED) is 0.825. The van der Waals surface area contributed by atoms with E-state index in [0.29, 0.717) is 10.5 Å². The molecule has 0 aliphatic rings. The number of rotatable bonds is 1. The number of aromatic nitrogens is 1. The molecular weight excluding hydrogens is 253 g/mol. The zero-order chi connectivity index (χ0) is 11.9. The molecule has 0 unspecified atom stereocenters. The summed E-state index contributed by atoms with van der Waals surface area (Å²) >= 11 is 11.5. The third-order valence-electron chi connectivity index (χ3n) is 2.15. The van der Waals surface area contributed by atoms with Gasteiger partial charge in [-0.3, -0.25) is 4.79 Å². The van der Waals surface area contributed by atoms with Crippen LogP contribution in [0.5, 0.6) is 0 Å². The van der Waals surface area contributed by atoms with E-state index in [9.17, 15) is 9.59 Å². The number of aromatic amines is 1. The minimum atomic E-state index is -1.28. The molecule has 0 radical (unpaired) electrons. The van der Waals surface area contributed by atoms with Crippen LogP contribution in [0.4, 0.5) is 0 Å². The number of carboxylic acid groups (broad SMARTS) is 1. The van der Waals surface area contributed by atoms with Gasteiger partial charge in [-0.15, -0.1) is 0 Å². The second kappa shape index (κ2) is 3.81. The molecule has 1 aromatic heterocycles. The average Bonchev–Trinajstić information content (AvgIpc) is 2.21. The third kappa shape index (κ3) is 1.66. The first-order valence-corrected chi connectivity index (χ1v) is 5.00. The SMILES string of the molecule is O=C(O)c1c[nH]c2cc(Cl)c(Cl)cc2c1=O. The molecule has 0 saturated carbocycles. The van der Waals surface area contributed by atoms with E-state index in [1.165, 1.54) is 12.1 Å². The van der Waals surface area contributed by atoms with Gasteiger partial charge >= 0.3 is 5.97 Å². The van der Waals surface area contributed by atoms with Gasteiger partial charge in [-0.25, -0.2) is 4.79 Å². The van der Waals surface area contributed by atoms with Crippen LogP contribution in [0.25, 0.3) is 10.9 Å². The number of nitrogens with one attached hydrogen (secondary N) is 1. The van der Waals surface area contributed by atoms with Gasteiger partial charge in [0.15, 0.2) is 0 Å². The Hall–Kier alpha value is -1.52. The summed E-state index contributed by atoms with van der Waals surface area (Å²) in [5.74, 6) is -1.28. The Kier molecular flexibility index (Phi) is 2.61. The lowest BCUT2D eigenvalue weighted by Gasteiger charge is -2.02. The number of halogens is 2. The molecule has 1 heterocycles. The number of benzene rings is 1. The van der Waals surface area contributed by atoms with Crippen molar-refractivity contribution in [3.05, 3.63) is 44.2 Å². The van der Waals surface area contributed by atoms with Crippen LogP contribution in [-0.2, 0) is 0 Å². The van der Waals surface area contributed by atoms with Gasteiger partial charge in [-0.2, -0.15) is 0 Å². The van der Waals surface area contributed by atoms with Gasteiger partial charge in [0.05, 0.1) is 15.6 Å². The molecule has 0 aliphatic heterocycles. The first kappa shape index (κ1) is 11.0. The lowest BCUT2D eigenvalue weighted by atomic mass is 10.1. The van der Waals surface area contributed by atoms with Crippen molar-refractivity contribution in [1.29, 1.82) is 0 Å². The predicted molar refractivity (Wildman–Crippen MR) is 61.5 cm³/mol. The molecule has 0 bridgehead atoms. The van der Waals surface area contributed by atoms with Crippen LogP contribution in [0, 0.1) is 0 Å². The zero-order valence-corrected chi connectivity index (χ0v) is 9.26. The molecule has 82 valence electrons. The van der Waals surface area contributed by atoms with Crippen LogP contribution >= 0.6 is 23.2 Å². The van der Waals surface area contributed by atoms with Gasteiger partial charge in [0.25, 0.3) is 0 Å². The third-order valence-corrected chi connectivity index (χ3v) is 2.87. The summed E-state index contributed by atoms with van der Waals surface area (Å²) < 4.78 is 0. The van der Waals surface area contributed by atoms with Crippen molar-refractivity contribution in [3.8, 4) is 0 Å². The highest BCUT2D eigenvalue weighted by Crippen LogP contribution is 2.25. The maximum absolute atomic E-state index is 11.7. The summed E-state index contributed by atoms with van der Waals surface area (Å²) in [6.45, 7) is 0. The smallest absolute Gasteiger partial charge is 0.341 e. The average molecular weight is 258 g/mol. The van der Waals surface area contributed by atoms with Crippen molar-refractivity contribution < 1.29 is 9.90 Å². The number of pyridine rings is 1. The largest absolute Gasteiger partial charge is 0.477 e. The second-order valence-electron chi connectivity index (χ2n) is 3.15. The molecule has 0 aliphatic carbocycles. The van der Waals surface area contributed by atoms with E-state index in [4.69, 9.17) is 28.3 Å². The van der Waals surface area contributed by atoms with E-state index < -0.39 is 11.4 Å². The molecule has 0 amide bonds. The molecule has 2 aromatic rings. The number of aromatic carboxylic acids is 1. The molecule has 16 heavy (non-hydrogen) atoms. The number of carboxylic acids is 1. The molecule has 0 atom stereocenters. The van der Waals surface area contributed by atoms with E-state index in [1.54, 1.807) is 0 Å². The first-order valence-electron chi connectivity index (χ1n) is 4.24. The minimum absolute atomic E-state index is 0.203. The molecule has 0 fully saturated rings. The Labute approximate surface area is 99.4 Å². The fraction of sp³-hybridized carbons (Fsp3) is 0. The highest BCUT2D eigenvalue weighted by atomic mass is 35.5. The van der Waals surface area contributed by atoms with Gasteiger partial charge in [0.1, 0.15) is 5.56 Å². The minimum Gasteiger partial charge on any atom is -0.477 e. The lowest BCUT2D eigenvalue weighted by Crippen LogP contribution is -2.15. The Morgan fingerprint density at radius 3 is 2.50 bits per heavy atom. The van der Waals surface area contributed by atoms with Crippen LogP contribution in [0.1, 0.15) is 10.4 Å². The van der Waals surface area contributed by atoms with Crippen molar-refractivity contribution in [2.75, 3.05) is 0 Å². The second-order valence-corrected chi connectivity index (χ2v) is 3.96. The summed E-state index contributed by atoms with van der Waals surface area (Å²) in [5.41, 5.74) is -0.463. The van der Waals surface area contributed by atoms with Crippen LogP contribution < -0.4 is 5.43 Å². The normalized spacial score (nSPS) is 10.6. The van der Waals surface area contributed by atoms with Crippen LogP contribution in [0.2, 0.25) is 10.0 Å². The van der Waals surface area contributed by atoms with Gasteiger partial charge in [0, 0.05) is 11.6 Å². The first-order chi connectivity index (χ1) is 7.50. The van der Waals surface area contributed by atoms with Crippen LogP contribution in [0.3, 0.4) is 0 Å². The molecule has 0 spiro atoms. The summed E-state index contributed by atoms with van der Waals surface area (Å²) in [5, 5.41) is 9.48. The molecule has 2 N–H and O–H groups in total. The Balaban J connectivity index is 2.90. The lowest BCUT2D eigenvalue weighted by molar-refractivity contribution is 0.0695. The summed E-state index contributed by atoms with van der Waals surface area (Å²) in [6, 6.07) is 2.83. The highest BCUT2D eigenvalue weighted by molar-refractivity contribution is 6.42. The van der Waals surface area contributed by atoms with Crippen LogP contribution in [-0.4, -0.2) is 16.1 Å². The van der Waals surface area contributed by atoms with Crippen LogP contribution in [0.15, 0.2) is 23.1 Å². The Morgan fingerprint density at radius 2 is 1.88 bits per heavy atom. The standard InChI is InChI=1S/C10H5Cl2NO3/c11-6-1-4-8(2-7(6)12)13-3-5(9(4)14)10(15)16/h1-3H,(H,13,14)(H,15,16). The zero-order valence-electron chi connectivity index (χ0n) is 7.75. The topological polar surface area (TPSA) is 70.2 Å². The summed E-state index contributed by atoms with van der Waals surface area (Å²) in [4.78, 5) is 25.2. The highest BCUT2D eigenvalue weighted by Gasteiger charge is 2.12. The fourth-order valence-corrected chi connectivity index (χ4v) is 1.70. The number of fused-ring (bicyclic) bond motifs is 1. The number of hydrogen-bond donors (Lipinski definition) is 2.